The fourth-order valence-electron chi connectivity index (χ4n) is 3.52. The van der Waals surface area contributed by atoms with Crippen molar-refractivity contribution in [2.75, 3.05) is 44.0 Å². The van der Waals surface area contributed by atoms with Gasteiger partial charge in [0.2, 0.25) is 11.9 Å². The number of aromatic nitrogens is 2. The first-order valence-corrected chi connectivity index (χ1v) is 10.6. The number of fused-ring (bicyclic) bond motifs is 1. The number of benzene rings is 2. The van der Waals surface area contributed by atoms with Gasteiger partial charge in [0.25, 0.3) is 0 Å². The van der Waals surface area contributed by atoms with Gasteiger partial charge in [-0.05, 0) is 42.4 Å². The molecule has 4 rings (SSSR count). The number of carboxylic acid groups (broad SMARTS) is 1. The van der Waals surface area contributed by atoms with Gasteiger partial charge in [0, 0.05) is 49.9 Å². The summed E-state index contributed by atoms with van der Waals surface area (Å²) < 4.78 is 0. The lowest BCUT2D eigenvalue weighted by Gasteiger charge is -2.32. The van der Waals surface area contributed by atoms with Crippen LogP contribution in [0.1, 0.15) is 12.8 Å². The van der Waals surface area contributed by atoms with E-state index in [4.69, 9.17) is 5.11 Å². The van der Waals surface area contributed by atoms with E-state index < -0.39 is 5.97 Å². The van der Waals surface area contributed by atoms with Crippen molar-refractivity contribution in [1.29, 1.82) is 0 Å². The molecule has 0 atom stereocenters. The highest BCUT2D eigenvalue weighted by molar-refractivity contribution is 5.93. The Morgan fingerprint density at radius 2 is 1.72 bits per heavy atom. The van der Waals surface area contributed by atoms with Crippen LogP contribution in [0.2, 0.25) is 0 Å². The molecular weight excluding hydrogens is 408 g/mol. The second-order valence-electron chi connectivity index (χ2n) is 7.89. The highest BCUT2D eigenvalue weighted by Gasteiger charge is 2.14. The molecule has 2 heterocycles. The van der Waals surface area contributed by atoms with Gasteiger partial charge in [-0.2, -0.15) is 0 Å². The summed E-state index contributed by atoms with van der Waals surface area (Å²) in [6.45, 7) is 3.86. The average Bonchev–Trinajstić information content (AvgIpc) is 2.79. The van der Waals surface area contributed by atoms with Gasteiger partial charge in [-0.1, -0.05) is 18.2 Å². The molecule has 9 heteroatoms. The van der Waals surface area contributed by atoms with Gasteiger partial charge >= 0.3 is 5.97 Å². The summed E-state index contributed by atoms with van der Waals surface area (Å²) in [5.74, 6) is -0.709. The number of hydrogen-bond donors (Lipinski definition) is 3. The van der Waals surface area contributed by atoms with Gasteiger partial charge < -0.3 is 15.3 Å². The standard InChI is InChI=1S/C23H26N6O3/c1-28-10-12-29(13-11-28)27-23-24-15-18-14-17(4-7-20(18)26-23)16-2-5-19(6-3-16)25-21(30)8-9-22(31)32/h2-7,14-15H,8-13H2,1H3,(H,25,30)(H,31,32)(H,24,26,27). The molecule has 1 saturated heterocycles. The van der Waals surface area contributed by atoms with Crippen LogP contribution in [0.4, 0.5) is 11.6 Å². The Balaban J connectivity index is 1.42. The van der Waals surface area contributed by atoms with Gasteiger partial charge in [0.1, 0.15) is 0 Å². The Bertz CT molecular complexity index is 1110. The summed E-state index contributed by atoms with van der Waals surface area (Å²) in [6, 6.07) is 13.5. The molecule has 1 fully saturated rings. The third-order valence-electron chi connectivity index (χ3n) is 5.41. The third-order valence-corrected chi connectivity index (χ3v) is 5.41. The summed E-state index contributed by atoms with van der Waals surface area (Å²) in [4.78, 5) is 33.8. The molecule has 0 saturated carbocycles. The van der Waals surface area contributed by atoms with Gasteiger partial charge in [0.15, 0.2) is 0 Å². The number of aliphatic carboxylic acids is 1. The van der Waals surface area contributed by atoms with Crippen molar-refractivity contribution < 1.29 is 14.7 Å². The minimum Gasteiger partial charge on any atom is -0.481 e. The molecule has 0 aliphatic carbocycles. The van der Waals surface area contributed by atoms with Crippen LogP contribution < -0.4 is 10.7 Å². The quantitative estimate of drug-likeness (QED) is 0.521. The number of likely N-dealkylation sites (N-methyl/N-ethyl adjacent to an activating group) is 1. The molecule has 1 amide bonds. The molecule has 166 valence electrons. The first-order chi connectivity index (χ1) is 15.5. The van der Waals surface area contributed by atoms with Gasteiger partial charge in [-0.3, -0.25) is 15.0 Å². The van der Waals surface area contributed by atoms with Crippen molar-refractivity contribution in [3.8, 4) is 11.1 Å². The maximum absolute atomic E-state index is 11.8. The van der Waals surface area contributed by atoms with E-state index in [-0.39, 0.29) is 18.7 Å². The van der Waals surface area contributed by atoms with Crippen LogP contribution in [0.15, 0.2) is 48.7 Å². The molecule has 0 bridgehead atoms. The number of nitrogens with one attached hydrogen (secondary N) is 2. The van der Waals surface area contributed by atoms with Crippen LogP contribution in [0.5, 0.6) is 0 Å². The normalized spacial score (nSPS) is 14.9. The minimum absolute atomic E-state index is 0.0482. The summed E-state index contributed by atoms with van der Waals surface area (Å²) >= 11 is 0. The van der Waals surface area contributed by atoms with Crippen LogP contribution in [0, 0.1) is 0 Å². The summed E-state index contributed by atoms with van der Waals surface area (Å²) in [5, 5.41) is 14.5. The van der Waals surface area contributed by atoms with Gasteiger partial charge in [0.05, 0.1) is 11.9 Å². The molecule has 3 aromatic rings. The number of carbonyl (C=O) groups excluding carboxylic acids is 1. The average molecular weight is 435 g/mol. The Morgan fingerprint density at radius 3 is 2.44 bits per heavy atom. The van der Waals surface area contributed by atoms with Gasteiger partial charge in [-0.25, -0.2) is 15.0 Å². The molecule has 9 nitrogen and oxygen atoms in total. The van der Waals surface area contributed by atoms with Crippen molar-refractivity contribution in [1.82, 2.24) is 19.9 Å². The van der Waals surface area contributed by atoms with Crippen LogP contribution in [-0.2, 0) is 9.59 Å². The van der Waals surface area contributed by atoms with Crippen molar-refractivity contribution in [3.05, 3.63) is 48.7 Å². The molecular formula is C23H26N6O3. The number of rotatable bonds is 7. The molecule has 1 aliphatic heterocycles. The zero-order valence-corrected chi connectivity index (χ0v) is 17.9. The molecule has 3 N–H and O–H groups in total. The van der Waals surface area contributed by atoms with Crippen molar-refractivity contribution in [2.24, 2.45) is 0 Å². The maximum Gasteiger partial charge on any atom is 0.303 e. The predicted octanol–water partition coefficient (Wildman–Crippen LogP) is 2.67. The summed E-state index contributed by atoms with van der Waals surface area (Å²) in [7, 11) is 2.12. The zero-order chi connectivity index (χ0) is 22.5. The number of carbonyl (C=O) groups is 2. The van der Waals surface area contributed by atoms with Crippen LogP contribution in [0.25, 0.3) is 22.0 Å². The predicted molar refractivity (Wildman–Crippen MR) is 123 cm³/mol. The minimum atomic E-state index is -0.988. The molecule has 0 unspecified atom stereocenters. The fraction of sp³-hybridized carbons (Fsp3) is 0.304. The zero-order valence-electron chi connectivity index (χ0n) is 17.9. The smallest absolute Gasteiger partial charge is 0.303 e. The lowest BCUT2D eigenvalue weighted by atomic mass is 10.0. The Hall–Kier alpha value is -3.56. The largest absolute Gasteiger partial charge is 0.481 e. The number of anilines is 2. The van der Waals surface area contributed by atoms with E-state index in [1.165, 1.54) is 0 Å². The van der Waals surface area contributed by atoms with Crippen LogP contribution in [0.3, 0.4) is 0 Å². The maximum atomic E-state index is 11.8. The summed E-state index contributed by atoms with van der Waals surface area (Å²) in [5.41, 5.74) is 6.80. The molecule has 1 aromatic heterocycles. The molecule has 1 aliphatic rings. The molecule has 0 spiro atoms. The van der Waals surface area contributed by atoms with E-state index in [1.54, 1.807) is 12.1 Å². The highest BCUT2D eigenvalue weighted by atomic mass is 16.4. The molecule has 0 radical (unpaired) electrons. The highest BCUT2D eigenvalue weighted by Crippen LogP contribution is 2.25. The number of amides is 1. The lowest BCUT2D eigenvalue weighted by Crippen LogP contribution is -2.47. The second kappa shape index (κ2) is 9.71. The lowest BCUT2D eigenvalue weighted by molar-refractivity contribution is -0.138. The van der Waals surface area contributed by atoms with E-state index in [0.29, 0.717) is 11.6 Å². The molecule has 32 heavy (non-hydrogen) atoms. The van der Waals surface area contributed by atoms with Crippen LogP contribution >= 0.6 is 0 Å². The van der Waals surface area contributed by atoms with Crippen molar-refractivity contribution in [2.45, 2.75) is 12.8 Å². The number of nitrogens with zero attached hydrogens (tertiary/aromatic N) is 4. The first kappa shape index (κ1) is 21.7. The number of hydrogen-bond acceptors (Lipinski definition) is 7. The van der Waals surface area contributed by atoms with Gasteiger partial charge in [-0.15, -0.1) is 0 Å². The van der Waals surface area contributed by atoms with E-state index >= 15 is 0 Å². The number of hydrazine groups is 1. The number of piperazine rings is 1. The number of carboxylic acids is 1. The Kier molecular flexibility index (Phi) is 6.58. The Morgan fingerprint density at radius 1 is 1.00 bits per heavy atom. The van der Waals surface area contributed by atoms with Crippen molar-refractivity contribution >= 4 is 34.4 Å². The third kappa shape index (κ3) is 5.57. The fourth-order valence-corrected chi connectivity index (χ4v) is 3.52. The van der Waals surface area contributed by atoms with Crippen molar-refractivity contribution in [3.63, 3.8) is 0 Å². The van der Waals surface area contributed by atoms with E-state index in [1.807, 2.05) is 36.5 Å². The van der Waals surface area contributed by atoms with E-state index in [0.717, 1.165) is 48.2 Å². The summed E-state index contributed by atoms with van der Waals surface area (Å²) in [6.07, 6.45) is 1.59. The SMILES string of the molecule is CN1CCN(Nc2ncc3cc(-c4ccc(NC(=O)CCC(=O)O)cc4)ccc3n2)CC1. The monoisotopic (exact) mass is 434 g/mol. The second-order valence-corrected chi connectivity index (χ2v) is 7.89. The first-order valence-electron chi connectivity index (χ1n) is 10.6. The molecule has 2 aromatic carbocycles. The van der Waals surface area contributed by atoms with E-state index in [9.17, 15) is 9.59 Å². The van der Waals surface area contributed by atoms with Crippen LogP contribution in [-0.4, -0.2) is 70.1 Å². The topological polar surface area (TPSA) is 111 Å². The van der Waals surface area contributed by atoms with E-state index in [2.05, 4.69) is 37.7 Å². The Labute approximate surface area is 186 Å².